The molecular weight excluding hydrogens is 255 g/mol. The standard InChI is InChI=1S/C16H17FN2O/c1-11-4-2-7-14(17)16(11)19-15(20)9-8-12-5-3-6-13(18)10-12/h2-7,10H,8-9,18H2,1H3,(H,19,20). The van der Waals surface area contributed by atoms with Crippen LogP contribution in [0, 0.1) is 12.7 Å². The molecule has 0 radical (unpaired) electrons. The molecule has 0 atom stereocenters. The van der Waals surface area contributed by atoms with E-state index in [1.807, 2.05) is 18.2 Å². The Morgan fingerprint density at radius 2 is 2.00 bits per heavy atom. The molecule has 0 bridgehead atoms. The number of carbonyl (C=O) groups excluding carboxylic acids is 1. The number of halogens is 1. The monoisotopic (exact) mass is 272 g/mol. The Hall–Kier alpha value is -2.36. The third kappa shape index (κ3) is 3.57. The van der Waals surface area contributed by atoms with Gasteiger partial charge >= 0.3 is 0 Å². The number of hydrogen-bond donors (Lipinski definition) is 2. The van der Waals surface area contributed by atoms with Crippen molar-refractivity contribution in [2.45, 2.75) is 19.8 Å². The molecule has 3 N–H and O–H groups in total. The van der Waals surface area contributed by atoms with Crippen LogP contribution in [0.4, 0.5) is 15.8 Å². The van der Waals surface area contributed by atoms with Crippen LogP contribution in [0.15, 0.2) is 42.5 Å². The maximum atomic E-state index is 13.6. The molecule has 2 aromatic carbocycles. The number of carbonyl (C=O) groups is 1. The number of anilines is 2. The maximum Gasteiger partial charge on any atom is 0.224 e. The fourth-order valence-corrected chi connectivity index (χ4v) is 2.00. The predicted octanol–water partition coefficient (Wildman–Crippen LogP) is 3.29. The topological polar surface area (TPSA) is 55.1 Å². The number of nitrogens with one attached hydrogen (secondary N) is 1. The van der Waals surface area contributed by atoms with Crippen LogP contribution < -0.4 is 11.1 Å². The molecule has 0 fully saturated rings. The van der Waals surface area contributed by atoms with Gasteiger partial charge in [0.2, 0.25) is 5.91 Å². The molecule has 0 aromatic heterocycles. The largest absolute Gasteiger partial charge is 0.399 e. The van der Waals surface area contributed by atoms with Crippen molar-refractivity contribution in [2.75, 3.05) is 11.1 Å². The van der Waals surface area contributed by atoms with E-state index < -0.39 is 5.82 Å². The molecule has 0 spiro atoms. The van der Waals surface area contributed by atoms with Crippen molar-refractivity contribution >= 4 is 17.3 Å². The maximum absolute atomic E-state index is 13.6. The third-order valence-corrected chi connectivity index (χ3v) is 3.08. The molecule has 4 heteroatoms. The van der Waals surface area contributed by atoms with E-state index in [2.05, 4.69) is 5.32 Å². The second kappa shape index (κ2) is 6.19. The number of hydrogen-bond acceptors (Lipinski definition) is 2. The summed E-state index contributed by atoms with van der Waals surface area (Å²) in [6.07, 6.45) is 0.863. The second-order valence-corrected chi connectivity index (χ2v) is 4.72. The molecule has 0 aliphatic carbocycles. The molecule has 0 heterocycles. The van der Waals surface area contributed by atoms with Crippen molar-refractivity contribution in [1.29, 1.82) is 0 Å². The van der Waals surface area contributed by atoms with Crippen molar-refractivity contribution in [3.05, 3.63) is 59.4 Å². The SMILES string of the molecule is Cc1cccc(F)c1NC(=O)CCc1cccc(N)c1. The third-order valence-electron chi connectivity index (χ3n) is 3.08. The zero-order valence-corrected chi connectivity index (χ0v) is 11.3. The van der Waals surface area contributed by atoms with Crippen LogP contribution >= 0.6 is 0 Å². The smallest absolute Gasteiger partial charge is 0.224 e. The Balaban J connectivity index is 1.96. The van der Waals surface area contributed by atoms with Crippen LogP contribution in [0.5, 0.6) is 0 Å². The van der Waals surface area contributed by atoms with Crippen LogP contribution in [0.2, 0.25) is 0 Å². The summed E-state index contributed by atoms with van der Waals surface area (Å²) in [5.74, 6) is -0.622. The van der Waals surface area contributed by atoms with Gasteiger partial charge in [-0.2, -0.15) is 0 Å². The van der Waals surface area contributed by atoms with Gasteiger partial charge in [0.05, 0.1) is 5.69 Å². The average Bonchev–Trinajstić information content (AvgIpc) is 2.41. The van der Waals surface area contributed by atoms with Crippen LogP contribution in [-0.2, 0) is 11.2 Å². The summed E-state index contributed by atoms with van der Waals surface area (Å²) in [7, 11) is 0. The van der Waals surface area contributed by atoms with Gasteiger partial charge in [0, 0.05) is 12.1 Å². The summed E-state index contributed by atoms with van der Waals surface area (Å²) in [5.41, 5.74) is 8.31. The summed E-state index contributed by atoms with van der Waals surface area (Å²) in [6.45, 7) is 1.76. The van der Waals surface area contributed by atoms with Crippen LogP contribution in [0.1, 0.15) is 17.5 Å². The van der Waals surface area contributed by atoms with E-state index in [0.29, 0.717) is 17.7 Å². The number of aryl methyl sites for hydroxylation is 2. The Morgan fingerprint density at radius 1 is 1.25 bits per heavy atom. The first-order valence-corrected chi connectivity index (χ1v) is 6.45. The summed E-state index contributed by atoms with van der Waals surface area (Å²) in [5, 5.41) is 2.62. The molecule has 0 aliphatic rings. The van der Waals surface area contributed by atoms with Gasteiger partial charge in [-0.15, -0.1) is 0 Å². The van der Waals surface area contributed by atoms with E-state index in [4.69, 9.17) is 5.73 Å². The summed E-state index contributed by atoms with van der Waals surface area (Å²) in [6, 6.07) is 12.1. The minimum absolute atomic E-state index is 0.208. The predicted molar refractivity (Wildman–Crippen MR) is 78.9 cm³/mol. The highest BCUT2D eigenvalue weighted by atomic mass is 19.1. The lowest BCUT2D eigenvalue weighted by atomic mass is 10.1. The second-order valence-electron chi connectivity index (χ2n) is 4.72. The summed E-state index contributed by atoms with van der Waals surface area (Å²) >= 11 is 0. The lowest BCUT2D eigenvalue weighted by Crippen LogP contribution is -2.14. The first kappa shape index (κ1) is 14.1. The fourth-order valence-electron chi connectivity index (χ4n) is 2.00. The van der Waals surface area contributed by atoms with E-state index in [1.54, 1.807) is 25.1 Å². The van der Waals surface area contributed by atoms with Crippen LogP contribution in [0.3, 0.4) is 0 Å². The molecule has 0 saturated carbocycles. The van der Waals surface area contributed by atoms with Crippen molar-refractivity contribution in [2.24, 2.45) is 0 Å². The molecule has 2 aromatic rings. The van der Waals surface area contributed by atoms with Gasteiger partial charge in [-0.05, 0) is 42.7 Å². The minimum atomic E-state index is -0.415. The highest BCUT2D eigenvalue weighted by Gasteiger charge is 2.09. The molecule has 1 amide bonds. The lowest BCUT2D eigenvalue weighted by molar-refractivity contribution is -0.116. The molecule has 20 heavy (non-hydrogen) atoms. The van der Waals surface area contributed by atoms with E-state index in [0.717, 1.165) is 5.56 Å². The van der Waals surface area contributed by atoms with Crippen LogP contribution in [0.25, 0.3) is 0 Å². The Bertz CT molecular complexity index is 605. The van der Waals surface area contributed by atoms with Gasteiger partial charge in [0.1, 0.15) is 5.82 Å². The number of rotatable bonds is 4. The zero-order chi connectivity index (χ0) is 14.5. The summed E-state index contributed by atoms with van der Waals surface area (Å²) < 4.78 is 13.6. The van der Waals surface area contributed by atoms with Crippen molar-refractivity contribution in [3.63, 3.8) is 0 Å². The van der Waals surface area contributed by atoms with Crippen molar-refractivity contribution < 1.29 is 9.18 Å². The van der Waals surface area contributed by atoms with Crippen LogP contribution in [-0.4, -0.2) is 5.91 Å². The highest BCUT2D eigenvalue weighted by Crippen LogP contribution is 2.19. The van der Waals surface area contributed by atoms with E-state index >= 15 is 0 Å². The number of nitrogen functional groups attached to an aromatic ring is 1. The molecule has 0 aliphatic heterocycles. The van der Waals surface area contributed by atoms with Gasteiger partial charge < -0.3 is 11.1 Å². The molecule has 2 rings (SSSR count). The lowest BCUT2D eigenvalue weighted by Gasteiger charge is -2.09. The van der Waals surface area contributed by atoms with Gasteiger partial charge in [-0.3, -0.25) is 4.79 Å². The normalized spacial score (nSPS) is 10.3. The molecule has 104 valence electrons. The highest BCUT2D eigenvalue weighted by molar-refractivity contribution is 5.91. The van der Waals surface area contributed by atoms with Crippen molar-refractivity contribution in [3.8, 4) is 0 Å². The first-order valence-electron chi connectivity index (χ1n) is 6.45. The quantitative estimate of drug-likeness (QED) is 0.839. The van der Waals surface area contributed by atoms with E-state index in [-0.39, 0.29) is 18.0 Å². The van der Waals surface area contributed by atoms with E-state index in [9.17, 15) is 9.18 Å². The van der Waals surface area contributed by atoms with Gasteiger partial charge in [-0.25, -0.2) is 4.39 Å². The Morgan fingerprint density at radius 3 is 2.70 bits per heavy atom. The van der Waals surface area contributed by atoms with Crippen molar-refractivity contribution in [1.82, 2.24) is 0 Å². The van der Waals surface area contributed by atoms with Gasteiger partial charge in [0.25, 0.3) is 0 Å². The number of nitrogens with two attached hydrogens (primary N) is 1. The van der Waals surface area contributed by atoms with Gasteiger partial charge in [0.15, 0.2) is 0 Å². The average molecular weight is 272 g/mol. The number of benzene rings is 2. The summed E-state index contributed by atoms with van der Waals surface area (Å²) in [4.78, 5) is 11.9. The number of amides is 1. The fraction of sp³-hybridized carbons (Fsp3) is 0.188. The molecule has 3 nitrogen and oxygen atoms in total. The minimum Gasteiger partial charge on any atom is -0.399 e. The Kier molecular flexibility index (Phi) is 4.35. The molecular formula is C16H17FN2O. The molecule has 0 saturated heterocycles. The number of para-hydroxylation sites is 1. The Labute approximate surface area is 117 Å². The first-order chi connectivity index (χ1) is 9.56. The zero-order valence-electron chi connectivity index (χ0n) is 11.3. The van der Waals surface area contributed by atoms with E-state index in [1.165, 1.54) is 6.07 Å². The molecule has 0 unspecified atom stereocenters. The van der Waals surface area contributed by atoms with Gasteiger partial charge in [-0.1, -0.05) is 24.3 Å².